The van der Waals surface area contributed by atoms with Gasteiger partial charge in [0.05, 0.1) is 12.2 Å². The number of nitrogens with one attached hydrogen (secondary N) is 1. The van der Waals surface area contributed by atoms with Crippen molar-refractivity contribution in [3.05, 3.63) is 12.4 Å². The third-order valence-electron chi connectivity index (χ3n) is 3.01. The van der Waals surface area contributed by atoms with Crippen molar-refractivity contribution in [3.8, 4) is 0 Å². The Morgan fingerprint density at radius 1 is 1.50 bits per heavy atom. The zero-order chi connectivity index (χ0) is 11.8. The van der Waals surface area contributed by atoms with Gasteiger partial charge in [0.2, 0.25) is 0 Å². The summed E-state index contributed by atoms with van der Waals surface area (Å²) in [7, 11) is -3.14. The Hall–Kier alpha value is -0.880. The van der Waals surface area contributed by atoms with Crippen LogP contribution in [-0.4, -0.2) is 37.0 Å². The van der Waals surface area contributed by atoms with Gasteiger partial charge in [-0.05, 0) is 19.8 Å². The maximum Gasteiger partial charge on any atom is 0.178 e. The van der Waals surface area contributed by atoms with Crippen LogP contribution < -0.4 is 5.32 Å². The van der Waals surface area contributed by atoms with Crippen LogP contribution in [0, 0.1) is 0 Å². The summed E-state index contributed by atoms with van der Waals surface area (Å²) in [5, 5.41) is 7.50. The molecule has 0 radical (unpaired) electrons. The lowest BCUT2D eigenvalue weighted by Crippen LogP contribution is -2.38. The molecule has 1 aromatic rings. The maximum absolute atomic E-state index is 11.3. The predicted molar refractivity (Wildman–Crippen MR) is 61.1 cm³/mol. The average Bonchev–Trinajstić information content (AvgIpc) is 2.67. The van der Waals surface area contributed by atoms with Gasteiger partial charge in [0.1, 0.15) is 4.90 Å². The van der Waals surface area contributed by atoms with Crippen molar-refractivity contribution < 1.29 is 8.42 Å². The van der Waals surface area contributed by atoms with Gasteiger partial charge in [-0.25, -0.2) is 8.42 Å². The molecule has 1 fully saturated rings. The third-order valence-corrected chi connectivity index (χ3v) is 4.08. The number of aromatic nitrogens is 2. The van der Waals surface area contributed by atoms with Crippen LogP contribution in [0.5, 0.6) is 0 Å². The second-order valence-corrected chi connectivity index (χ2v) is 6.48. The van der Waals surface area contributed by atoms with E-state index in [-0.39, 0.29) is 6.04 Å². The Morgan fingerprint density at radius 3 is 2.75 bits per heavy atom. The van der Waals surface area contributed by atoms with E-state index in [2.05, 4.69) is 17.3 Å². The first kappa shape index (κ1) is 11.6. The van der Waals surface area contributed by atoms with Crippen molar-refractivity contribution in [3.63, 3.8) is 0 Å². The van der Waals surface area contributed by atoms with Crippen LogP contribution in [-0.2, 0) is 9.84 Å². The van der Waals surface area contributed by atoms with Crippen molar-refractivity contribution in [1.82, 2.24) is 15.1 Å². The molecule has 16 heavy (non-hydrogen) atoms. The molecule has 0 aromatic carbocycles. The van der Waals surface area contributed by atoms with Gasteiger partial charge in [0.15, 0.2) is 9.84 Å². The minimum absolute atomic E-state index is 0.270. The van der Waals surface area contributed by atoms with Crippen LogP contribution in [0.4, 0.5) is 0 Å². The SMILES string of the molecule is CC1CCC(n2cc(S(C)(=O)=O)cn2)CN1. The van der Waals surface area contributed by atoms with Crippen molar-refractivity contribution in [1.29, 1.82) is 0 Å². The molecule has 2 atom stereocenters. The van der Waals surface area contributed by atoms with Gasteiger partial charge in [0.25, 0.3) is 0 Å². The Balaban J connectivity index is 2.14. The van der Waals surface area contributed by atoms with E-state index in [4.69, 9.17) is 0 Å². The van der Waals surface area contributed by atoms with E-state index in [1.807, 2.05) is 0 Å². The van der Waals surface area contributed by atoms with E-state index in [0.717, 1.165) is 19.4 Å². The molecular weight excluding hydrogens is 226 g/mol. The lowest BCUT2D eigenvalue weighted by atomic mass is 10.0. The summed E-state index contributed by atoms with van der Waals surface area (Å²) in [6.07, 6.45) is 6.39. The summed E-state index contributed by atoms with van der Waals surface area (Å²) in [5.41, 5.74) is 0. The maximum atomic E-state index is 11.3. The standard InChI is InChI=1S/C10H17N3O2S/c1-8-3-4-9(5-11-8)13-7-10(6-12-13)16(2,14)15/h6-9,11H,3-5H2,1-2H3. The molecular formula is C10H17N3O2S. The van der Waals surface area contributed by atoms with Crippen LogP contribution in [0.25, 0.3) is 0 Å². The molecule has 1 aliphatic rings. The third kappa shape index (κ3) is 2.44. The molecule has 2 unspecified atom stereocenters. The molecule has 0 aliphatic carbocycles. The first-order chi connectivity index (χ1) is 7.47. The zero-order valence-corrected chi connectivity index (χ0v) is 10.4. The number of hydrogen-bond acceptors (Lipinski definition) is 4. The smallest absolute Gasteiger partial charge is 0.178 e. The Bertz CT molecular complexity index is 458. The van der Waals surface area contributed by atoms with Gasteiger partial charge in [0, 0.05) is 25.0 Å². The Labute approximate surface area is 95.8 Å². The minimum atomic E-state index is -3.14. The molecule has 0 saturated carbocycles. The molecule has 6 heteroatoms. The second-order valence-electron chi connectivity index (χ2n) is 4.47. The summed E-state index contributed by atoms with van der Waals surface area (Å²) in [6.45, 7) is 3.01. The van der Waals surface area contributed by atoms with E-state index < -0.39 is 9.84 Å². The van der Waals surface area contributed by atoms with Crippen LogP contribution >= 0.6 is 0 Å². The van der Waals surface area contributed by atoms with Gasteiger partial charge < -0.3 is 5.32 Å². The van der Waals surface area contributed by atoms with Gasteiger partial charge in [-0.1, -0.05) is 0 Å². The monoisotopic (exact) mass is 243 g/mol. The van der Waals surface area contributed by atoms with Gasteiger partial charge >= 0.3 is 0 Å². The van der Waals surface area contributed by atoms with Crippen LogP contribution in [0.3, 0.4) is 0 Å². The molecule has 0 bridgehead atoms. The molecule has 1 aliphatic heterocycles. The zero-order valence-electron chi connectivity index (χ0n) is 9.55. The molecule has 5 nitrogen and oxygen atoms in total. The van der Waals surface area contributed by atoms with Crippen molar-refractivity contribution in [2.24, 2.45) is 0 Å². The summed E-state index contributed by atoms with van der Waals surface area (Å²) < 4.78 is 24.4. The van der Waals surface area contributed by atoms with E-state index in [0.29, 0.717) is 10.9 Å². The molecule has 0 spiro atoms. The summed E-state index contributed by atoms with van der Waals surface area (Å²) in [6, 6.07) is 0.813. The summed E-state index contributed by atoms with van der Waals surface area (Å²) in [5.74, 6) is 0. The van der Waals surface area contributed by atoms with Crippen LogP contribution in [0.2, 0.25) is 0 Å². The van der Waals surface area contributed by atoms with Crippen molar-refractivity contribution in [2.45, 2.75) is 36.7 Å². The summed E-state index contributed by atoms with van der Waals surface area (Å²) in [4.78, 5) is 0.297. The first-order valence-corrected chi connectivity index (χ1v) is 7.33. The highest BCUT2D eigenvalue weighted by Crippen LogP contribution is 2.20. The number of sulfone groups is 1. The van der Waals surface area contributed by atoms with Gasteiger partial charge in [-0.3, -0.25) is 4.68 Å². The Morgan fingerprint density at radius 2 is 2.25 bits per heavy atom. The topological polar surface area (TPSA) is 64.0 Å². The van der Waals surface area contributed by atoms with E-state index in [1.165, 1.54) is 12.5 Å². The molecule has 1 saturated heterocycles. The largest absolute Gasteiger partial charge is 0.312 e. The molecule has 2 heterocycles. The number of hydrogen-bond donors (Lipinski definition) is 1. The second kappa shape index (κ2) is 4.18. The fraction of sp³-hybridized carbons (Fsp3) is 0.700. The highest BCUT2D eigenvalue weighted by atomic mass is 32.2. The van der Waals surface area contributed by atoms with E-state index in [9.17, 15) is 8.42 Å². The van der Waals surface area contributed by atoms with Crippen molar-refractivity contribution >= 4 is 9.84 Å². The highest BCUT2D eigenvalue weighted by molar-refractivity contribution is 7.90. The number of rotatable bonds is 2. The van der Waals surface area contributed by atoms with Crippen molar-refractivity contribution in [2.75, 3.05) is 12.8 Å². The average molecular weight is 243 g/mol. The normalized spacial score (nSPS) is 26.9. The lowest BCUT2D eigenvalue weighted by molar-refractivity contribution is 0.303. The Kier molecular flexibility index (Phi) is 3.03. The predicted octanol–water partition coefficient (Wildman–Crippen LogP) is 0.600. The quantitative estimate of drug-likeness (QED) is 0.826. The molecule has 1 aromatic heterocycles. The fourth-order valence-corrected chi connectivity index (χ4v) is 2.46. The first-order valence-electron chi connectivity index (χ1n) is 5.44. The van der Waals surface area contributed by atoms with Gasteiger partial charge in [-0.15, -0.1) is 0 Å². The number of piperidine rings is 1. The van der Waals surface area contributed by atoms with E-state index >= 15 is 0 Å². The molecule has 90 valence electrons. The molecule has 1 N–H and O–H groups in total. The lowest BCUT2D eigenvalue weighted by Gasteiger charge is -2.27. The summed E-state index contributed by atoms with van der Waals surface area (Å²) >= 11 is 0. The fourth-order valence-electron chi connectivity index (χ4n) is 1.92. The van der Waals surface area contributed by atoms with E-state index in [1.54, 1.807) is 10.9 Å². The van der Waals surface area contributed by atoms with Gasteiger partial charge in [-0.2, -0.15) is 5.10 Å². The molecule has 2 rings (SSSR count). The number of nitrogens with zero attached hydrogens (tertiary/aromatic N) is 2. The molecule has 0 amide bonds. The minimum Gasteiger partial charge on any atom is -0.312 e. The van der Waals surface area contributed by atoms with Crippen LogP contribution in [0.1, 0.15) is 25.8 Å². The van der Waals surface area contributed by atoms with Crippen LogP contribution in [0.15, 0.2) is 17.3 Å². The highest BCUT2D eigenvalue weighted by Gasteiger charge is 2.20.